The summed E-state index contributed by atoms with van der Waals surface area (Å²) in [5.41, 5.74) is -0.0651. The lowest BCUT2D eigenvalue weighted by Gasteiger charge is -2.13. The van der Waals surface area contributed by atoms with Gasteiger partial charge in [-0.1, -0.05) is 13.8 Å². The summed E-state index contributed by atoms with van der Waals surface area (Å²) in [5.74, 6) is 0.324. The maximum atomic E-state index is 12.0. The second kappa shape index (κ2) is 5.77. The maximum absolute atomic E-state index is 12.0. The summed E-state index contributed by atoms with van der Waals surface area (Å²) in [5, 5.41) is 13.7. The Hall–Kier alpha value is -2.31. The second-order valence-electron chi connectivity index (χ2n) is 4.48. The number of rotatable bonds is 5. The summed E-state index contributed by atoms with van der Waals surface area (Å²) in [4.78, 5) is 22.6. The minimum Gasteiger partial charge on any atom is -0.454 e. The number of nitrogens with zero attached hydrogens (tertiary/aromatic N) is 1. The largest absolute Gasteiger partial charge is 0.454 e. The van der Waals surface area contributed by atoms with E-state index in [0.29, 0.717) is 24.3 Å². The Bertz CT molecular complexity index is 540. The number of fused-ring (bicyclic) bond motifs is 1. The Morgan fingerprint density at radius 3 is 2.50 bits per heavy atom. The van der Waals surface area contributed by atoms with Crippen molar-refractivity contribution in [3.05, 3.63) is 22.2 Å². The molecule has 0 spiro atoms. The average Bonchev–Trinajstić information content (AvgIpc) is 2.86. The van der Waals surface area contributed by atoms with Crippen molar-refractivity contribution in [3.8, 4) is 11.5 Å². The first-order valence-corrected chi connectivity index (χ1v) is 6.45. The summed E-state index contributed by atoms with van der Waals surface area (Å²) in [6.07, 6.45) is 1.36. The fourth-order valence-electron chi connectivity index (χ4n) is 2.08. The molecule has 0 aliphatic carbocycles. The van der Waals surface area contributed by atoms with Gasteiger partial charge in [0.05, 0.1) is 11.0 Å². The summed E-state index contributed by atoms with van der Waals surface area (Å²) in [6, 6.07) is 2.70. The molecule has 108 valence electrons. The van der Waals surface area contributed by atoms with Gasteiger partial charge in [-0.3, -0.25) is 14.9 Å². The maximum Gasteiger partial charge on any atom is 0.296 e. The molecule has 1 N–H and O–H groups in total. The monoisotopic (exact) mass is 280 g/mol. The van der Waals surface area contributed by atoms with Crippen LogP contribution in [0.3, 0.4) is 0 Å². The van der Waals surface area contributed by atoms with Crippen LogP contribution in [0.4, 0.5) is 11.4 Å². The van der Waals surface area contributed by atoms with Gasteiger partial charge in [-0.05, 0) is 12.8 Å². The van der Waals surface area contributed by atoms with Gasteiger partial charge in [0, 0.05) is 12.0 Å². The molecule has 1 aliphatic rings. The number of hydrogen-bond acceptors (Lipinski definition) is 5. The van der Waals surface area contributed by atoms with Gasteiger partial charge in [-0.2, -0.15) is 0 Å². The molecule has 20 heavy (non-hydrogen) atoms. The van der Waals surface area contributed by atoms with Crippen molar-refractivity contribution in [2.24, 2.45) is 5.92 Å². The first-order valence-electron chi connectivity index (χ1n) is 6.45. The third-order valence-electron chi connectivity index (χ3n) is 3.30. The predicted octanol–water partition coefficient (Wildman–Crippen LogP) is 2.70. The number of amides is 1. The zero-order chi connectivity index (χ0) is 14.7. The van der Waals surface area contributed by atoms with E-state index < -0.39 is 4.92 Å². The van der Waals surface area contributed by atoms with Gasteiger partial charge in [0.2, 0.25) is 12.7 Å². The summed E-state index contributed by atoms with van der Waals surface area (Å²) in [7, 11) is 0. The van der Waals surface area contributed by atoms with E-state index in [9.17, 15) is 14.9 Å². The molecule has 0 fully saturated rings. The lowest BCUT2D eigenvalue weighted by atomic mass is 10.0. The van der Waals surface area contributed by atoms with Crippen LogP contribution in [0.2, 0.25) is 0 Å². The molecule has 0 bridgehead atoms. The van der Waals surface area contributed by atoms with Crippen molar-refractivity contribution in [1.82, 2.24) is 0 Å². The Labute approximate surface area is 116 Å². The lowest BCUT2D eigenvalue weighted by molar-refractivity contribution is -0.384. The molecule has 0 atom stereocenters. The molecule has 0 radical (unpaired) electrons. The smallest absolute Gasteiger partial charge is 0.296 e. The standard InChI is InChI=1S/C13H16N2O5/c1-3-8(4-2)13(16)14-9-5-11-12(20-7-19-11)6-10(9)15(17)18/h5-6,8H,3-4,7H2,1-2H3,(H,14,16). The molecule has 0 unspecified atom stereocenters. The molecule has 1 heterocycles. The highest BCUT2D eigenvalue weighted by Gasteiger charge is 2.25. The number of hydrogen-bond donors (Lipinski definition) is 1. The van der Waals surface area contributed by atoms with Crippen molar-refractivity contribution < 1.29 is 19.2 Å². The van der Waals surface area contributed by atoms with Crippen molar-refractivity contribution in [3.63, 3.8) is 0 Å². The number of nitro groups is 1. The van der Waals surface area contributed by atoms with Crippen LogP contribution in [0, 0.1) is 16.0 Å². The normalized spacial score (nSPS) is 12.6. The van der Waals surface area contributed by atoms with Crippen LogP contribution in [0.15, 0.2) is 12.1 Å². The molecule has 1 aromatic carbocycles. The van der Waals surface area contributed by atoms with Gasteiger partial charge in [-0.25, -0.2) is 0 Å². The zero-order valence-corrected chi connectivity index (χ0v) is 11.3. The van der Waals surface area contributed by atoms with E-state index in [4.69, 9.17) is 9.47 Å². The average molecular weight is 280 g/mol. The van der Waals surface area contributed by atoms with Gasteiger partial charge in [0.25, 0.3) is 5.69 Å². The molecule has 0 aromatic heterocycles. The fourth-order valence-corrected chi connectivity index (χ4v) is 2.08. The predicted molar refractivity (Wildman–Crippen MR) is 71.9 cm³/mol. The van der Waals surface area contributed by atoms with E-state index in [2.05, 4.69) is 5.32 Å². The molecule has 2 rings (SSSR count). The molecule has 7 nitrogen and oxygen atoms in total. The second-order valence-corrected chi connectivity index (χ2v) is 4.48. The van der Waals surface area contributed by atoms with E-state index >= 15 is 0 Å². The highest BCUT2D eigenvalue weighted by Crippen LogP contribution is 2.40. The summed E-state index contributed by atoms with van der Waals surface area (Å²) < 4.78 is 10.3. The SMILES string of the molecule is CCC(CC)C(=O)Nc1cc2c(cc1[N+](=O)[O-])OCO2. The van der Waals surface area contributed by atoms with Crippen LogP contribution in [0.1, 0.15) is 26.7 Å². The molecular formula is C13H16N2O5. The minimum atomic E-state index is -0.551. The van der Waals surface area contributed by atoms with E-state index in [1.54, 1.807) is 0 Å². The number of nitro benzene ring substituents is 1. The lowest BCUT2D eigenvalue weighted by Crippen LogP contribution is -2.22. The van der Waals surface area contributed by atoms with Crippen molar-refractivity contribution in [1.29, 1.82) is 0 Å². The van der Waals surface area contributed by atoms with Gasteiger partial charge in [-0.15, -0.1) is 0 Å². The molecule has 7 heteroatoms. The number of ether oxygens (including phenoxy) is 2. The van der Waals surface area contributed by atoms with Crippen LogP contribution < -0.4 is 14.8 Å². The highest BCUT2D eigenvalue weighted by molar-refractivity contribution is 5.95. The van der Waals surface area contributed by atoms with Crippen molar-refractivity contribution >= 4 is 17.3 Å². The fraction of sp³-hybridized carbons (Fsp3) is 0.462. The molecule has 1 aromatic rings. The topological polar surface area (TPSA) is 90.7 Å². The van der Waals surface area contributed by atoms with E-state index in [1.807, 2.05) is 13.8 Å². The van der Waals surface area contributed by atoms with Gasteiger partial charge < -0.3 is 14.8 Å². The Morgan fingerprint density at radius 2 is 1.95 bits per heavy atom. The van der Waals surface area contributed by atoms with Crippen LogP contribution in [-0.4, -0.2) is 17.6 Å². The van der Waals surface area contributed by atoms with E-state index in [0.717, 1.165) is 0 Å². The van der Waals surface area contributed by atoms with Crippen molar-refractivity contribution in [2.75, 3.05) is 12.1 Å². The van der Waals surface area contributed by atoms with Gasteiger partial charge in [0.1, 0.15) is 5.69 Å². The molecule has 1 aliphatic heterocycles. The van der Waals surface area contributed by atoms with Crippen LogP contribution >= 0.6 is 0 Å². The number of benzene rings is 1. The van der Waals surface area contributed by atoms with Crippen LogP contribution in [-0.2, 0) is 4.79 Å². The Morgan fingerprint density at radius 1 is 1.35 bits per heavy atom. The minimum absolute atomic E-state index is 0.0242. The summed E-state index contributed by atoms with van der Waals surface area (Å²) >= 11 is 0. The molecule has 1 amide bonds. The Kier molecular flexibility index (Phi) is 4.07. The number of carbonyl (C=O) groups is 1. The van der Waals surface area contributed by atoms with Gasteiger partial charge in [0.15, 0.2) is 11.5 Å². The number of carbonyl (C=O) groups excluding carboxylic acids is 1. The van der Waals surface area contributed by atoms with Crippen LogP contribution in [0.25, 0.3) is 0 Å². The number of anilines is 1. The highest BCUT2D eigenvalue weighted by atomic mass is 16.7. The van der Waals surface area contributed by atoms with Crippen LogP contribution in [0.5, 0.6) is 11.5 Å². The third kappa shape index (κ3) is 2.66. The summed E-state index contributed by atoms with van der Waals surface area (Å²) in [6.45, 7) is 3.83. The molecular weight excluding hydrogens is 264 g/mol. The molecule has 0 saturated heterocycles. The molecule has 0 saturated carbocycles. The first-order chi connectivity index (χ1) is 9.56. The number of nitrogens with one attached hydrogen (secondary N) is 1. The van der Waals surface area contributed by atoms with Gasteiger partial charge >= 0.3 is 0 Å². The zero-order valence-electron chi connectivity index (χ0n) is 11.3. The third-order valence-corrected chi connectivity index (χ3v) is 3.30. The first kappa shape index (κ1) is 14.1. The van der Waals surface area contributed by atoms with Crippen molar-refractivity contribution in [2.45, 2.75) is 26.7 Å². The quantitative estimate of drug-likeness (QED) is 0.661. The van der Waals surface area contributed by atoms with E-state index in [-0.39, 0.29) is 30.0 Å². The van der Waals surface area contributed by atoms with E-state index in [1.165, 1.54) is 12.1 Å². The Balaban J connectivity index is 2.31.